The van der Waals surface area contributed by atoms with Crippen molar-refractivity contribution < 1.29 is 8.42 Å². The average molecular weight is 347 g/mol. The van der Waals surface area contributed by atoms with E-state index in [4.69, 9.17) is 5.73 Å². The maximum atomic E-state index is 12.7. The largest absolute Gasteiger partial charge is 0.330 e. The Morgan fingerprint density at radius 1 is 1.32 bits per heavy atom. The smallest absolute Gasteiger partial charge is 0.243 e. The lowest BCUT2D eigenvalue weighted by molar-refractivity contribution is 0.349. The third kappa shape index (κ3) is 3.82. The minimum absolute atomic E-state index is 0. The third-order valence-corrected chi connectivity index (χ3v) is 6.57. The van der Waals surface area contributed by atoms with Crippen LogP contribution in [0.1, 0.15) is 45.1 Å². The number of nitrogens with zero attached hydrogens (tertiary/aromatic N) is 1. The number of hydrogen-bond acceptors (Lipinski definition) is 3. The molecule has 2 atom stereocenters. The Balaban J connectivity index is 0.00000242. The Kier molecular flexibility index (Phi) is 6.45. The van der Waals surface area contributed by atoms with Gasteiger partial charge in [-0.25, -0.2) is 8.42 Å². The van der Waals surface area contributed by atoms with Gasteiger partial charge in [0.05, 0.1) is 4.90 Å². The van der Waals surface area contributed by atoms with Crippen molar-refractivity contribution in [3.05, 3.63) is 29.8 Å². The Bertz CT molecular complexity index is 589. The molecule has 1 fully saturated rings. The summed E-state index contributed by atoms with van der Waals surface area (Å²) >= 11 is 0. The minimum Gasteiger partial charge on any atom is -0.330 e. The van der Waals surface area contributed by atoms with Crippen molar-refractivity contribution in [1.82, 2.24) is 4.31 Å². The summed E-state index contributed by atoms with van der Waals surface area (Å²) in [5, 5.41) is 0. The highest BCUT2D eigenvalue weighted by Crippen LogP contribution is 2.32. The van der Waals surface area contributed by atoms with E-state index in [9.17, 15) is 8.42 Å². The first kappa shape index (κ1) is 19.4. The first-order valence-corrected chi connectivity index (χ1v) is 9.06. The van der Waals surface area contributed by atoms with Gasteiger partial charge < -0.3 is 5.73 Å². The molecule has 2 unspecified atom stereocenters. The lowest BCUT2D eigenvalue weighted by atomic mass is 9.90. The molecular weight excluding hydrogens is 320 g/mol. The van der Waals surface area contributed by atoms with Crippen molar-refractivity contribution in [2.24, 2.45) is 11.1 Å². The van der Waals surface area contributed by atoms with Crippen LogP contribution in [0, 0.1) is 5.41 Å². The van der Waals surface area contributed by atoms with Crippen LogP contribution in [0.3, 0.4) is 0 Å². The summed E-state index contributed by atoms with van der Waals surface area (Å²) < 4.78 is 26.9. The zero-order valence-corrected chi connectivity index (χ0v) is 15.2. The molecule has 0 spiro atoms. The van der Waals surface area contributed by atoms with Gasteiger partial charge in [0.1, 0.15) is 0 Å². The molecule has 1 aromatic carbocycles. The molecule has 126 valence electrons. The van der Waals surface area contributed by atoms with Crippen LogP contribution in [0.25, 0.3) is 0 Å². The summed E-state index contributed by atoms with van der Waals surface area (Å²) in [5.41, 5.74) is 6.85. The fourth-order valence-electron chi connectivity index (χ4n) is 2.70. The van der Waals surface area contributed by atoms with Crippen LogP contribution in [0.5, 0.6) is 0 Å². The number of hydrogen-bond donors (Lipinski definition) is 1. The molecule has 1 aromatic rings. The van der Waals surface area contributed by atoms with E-state index < -0.39 is 10.0 Å². The molecule has 0 aromatic heterocycles. The van der Waals surface area contributed by atoms with E-state index in [2.05, 4.69) is 20.8 Å². The average Bonchev–Trinajstić information content (AvgIpc) is 2.90. The Hall–Kier alpha value is -0.620. The van der Waals surface area contributed by atoms with E-state index in [0.29, 0.717) is 30.4 Å². The highest BCUT2D eigenvalue weighted by molar-refractivity contribution is 7.89. The third-order valence-electron chi connectivity index (χ3n) is 4.71. The van der Waals surface area contributed by atoms with Crippen molar-refractivity contribution in [2.75, 3.05) is 19.6 Å². The topological polar surface area (TPSA) is 63.4 Å². The standard InChI is InChI=1S/C16H26N2O2S.ClH/c1-4-13(2)14-5-7-15(8-6-14)21(19,20)18-10-9-16(3,11-17)12-18;/h5-8,13H,4,9-12,17H2,1-3H3;1H. The molecule has 1 heterocycles. The number of halogens is 1. The summed E-state index contributed by atoms with van der Waals surface area (Å²) in [4.78, 5) is 0.385. The lowest BCUT2D eigenvalue weighted by Crippen LogP contribution is -2.34. The number of sulfonamides is 1. The molecule has 0 amide bonds. The molecule has 1 saturated heterocycles. The molecular formula is C16H27ClN2O2S. The van der Waals surface area contributed by atoms with Gasteiger partial charge in [0, 0.05) is 13.1 Å². The molecule has 22 heavy (non-hydrogen) atoms. The maximum Gasteiger partial charge on any atom is 0.243 e. The molecule has 0 radical (unpaired) electrons. The molecule has 0 saturated carbocycles. The fourth-order valence-corrected chi connectivity index (χ4v) is 4.29. The molecule has 0 bridgehead atoms. The molecule has 1 aliphatic heterocycles. The minimum atomic E-state index is -3.39. The first-order chi connectivity index (χ1) is 9.82. The zero-order valence-electron chi connectivity index (χ0n) is 13.6. The van der Waals surface area contributed by atoms with E-state index in [1.165, 1.54) is 5.56 Å². The molecule has 2 N–H and O–H groups in total. The highest BCUT2D eigenvalue weighted by atomic mass is 35.5. The van der Waals surface area contributed by atoms with Gasteiger partial charge >= 0.3 is 0 Å². The Morgan fingerprint density at radius 2 is 1.91 bits per heavy atom. The van der Waals surface area contributed by atoms with Crippen LogP contribution in [0.4, 0.5) is 0 Å². The van der Waals surface area contributed by atoms with E-state index in [1.807, 2.05) is 12.1 Å². The van der Waals surface area contributed by atoms with Crippen molar-refractivity contribution in [2.45, 2.75) is 44.4 Å². The van der Waals surface area contributed by atoms with Crippen molar-refractivity contribution in [3.8, 4) is 0 Å². The summed E-state index contributed by atoms with van der Waals surface area (Å²) in [5.74, 6) is 0.453. The molecule has 1 aliphatic rings. The summed E-state index contributed by atoms with van der Waals surface area (Å²) in [6.07, 6.45) is 1.88. The van der Waals surface area contributed by atoms with Crippen LogP contribution in [0.2, 0.25) is 0 Å². The van der Waals surface area contributed by atoms with Crippen LogP contribution in [-0.4, -0.2) is 32.4 Å². The van der Waals surface area contributed by atoms with Crippen molar-refractivity contribution in [1.29, 1.82) is 0 Å². The lowest BCUT2D eigenvalue weighted by Gasteiger charge is -2.22. The van der Waals surface area contributed by atoms with Crippen LogP contribution in [-0.2, 0) is 10.0 Å². The van der Waals surface area contributed by atoms with Gasteiger partial charge in [0.25, 0.3) is 0 Å². The Labute approximate surface area is 140 Å². The van der Waals surface area contributed by atoms with E-state index >= 15 is 0 Å². The number of rotatable bonds is 5. The monoisotopic (exact) mass is 346 g/mol. The second kappa shape index (κ2) is 7.30. The van der Waals surface area contributed by atoms with Gasteiger partial charge in [-0.2, -0.15) is 4.31 Å². The van der Waals surface area contributed by atoms with Gasteiger partial charge in [-0.05, 0) is 48.4 Å². The normalized spacial score (nSPS) is 24.0. The summed E-state index contributed by atoms with van der Waals surface area (Å²) in [6.45, 7) is 7.92. The van der Waals surface area contributed by atoms with Gasteiger partial charge in [0.2, 0.25) is 10.0 Å². The summed E-state index contributed by atoms with van der Waals surface area (Å²) in [6, 6.07) is 7.32. The van der Waals surface area contributed by atoms with Crippen LogP contribution >= 0.6 is 12.4 Å². The number of benzene rings is 1. The number of nitrogens with two attached hydrogens (primary N) is 1. The quantitative estimate of drug-likeness (QED) is 0.891. The second-order valence-corrected chi connectivity index (χ2v) is 8.42. The van der Waals surface area contributed by atoms with Crippen LogP contribution in [0.15, 0.2) is 29.2 Å². The van der Waals surface area contributed by atoms with Gasteiger partial charge in [0.15, 0.2) is 0 Å². The van der Waals surface area contributed by atoms with Gasteiger partial charge in [-0.1, -0.05) is 32.9 Å². The zero-order chi connectivity index (χ0) is 15.7. The SMILES string of the molecule is CCC(C)c1ccc(S(=O)(=O)N2CCC(C)(CN)C2)cc1.Cl. The Morgan fingerprint density at radius 3 is 2.36 bits per heavy atom. The van der Waals surface area contributed by atoms with Crippen LogP contribution < -0.4 is 5.73 Å². The second-order valence-electron chi connectivity index (χ2n) is 6.48. The summed E-state index contributed by atoms with van der Waals surface area (Å²) in [7, 11) is -3.39. The van der Waals surface area contributed by atoms with Crippen molar-refractivity contribution in [3.63, 3.8) is 0 Å². The molecule has 0 aliphatic carbocycles. The predicted molar refractivity (Wildman–Crippen MR) is 92.9 cm³/mol. The molecule has 6 heteroatoms. The highest BCUT2D eigenvalue weighted by Gasteiger charge is 2.38. The maximum absolute atomic E-state index is 12.7. The van der Waals surface area contributed by atoms with E-state index in [1.54, 1.807) is 16.4 Å². The molecule has 4 nitrogen and oxygen atoms in total. The van der Waals surface area contributed by atoms with E-state index in [-0.39, 0.29) is 17.8 Å². The first-order valence-electron chi connectivity index (χ1n) is 7.62. The van der Waals surface area contributed by atoms with Crippen molar-refractivity contribution >= 4 is 22.4 Å². The van der Waals surface area contributed by atoms with E-state index in [0.717, 1.165) is 12.8 Å². The molecule has 2 rings (SSSR count). The van der Waals surface area contributed by atoms with Gasteiger partial charge in [-0.3, -0.25) is 0 Å². The predicted octanol–water partition coefficient (Wildman–Crippen LogP) is 2.98. The fraction of sp³-hybridized carbons (Fsp3) is 0.625. The van der Waals surface area contributed by atoms with Gasteiger partial charge in [-0.15, -0.1) is 12.4 Å².